The second-order valence-electron chi connectivity index (χ2n) is 4.36. The van der Waals surface area contributed by atoms with Gasteiger partial charge in [0.15, 0.2) is 22.3 Å². The number of nitrogens with zero attached hydrogens (tertiary/aromatic N) is 2. The van der Waals surface area contributed by atoms with E-state index >= 15 is 0 Å². The summed E-state index contributed by atoms with van der Waals surface area (Å²) in [4.78, 5) is 4.52. The Hall–Kier alpha value is -1.60. The maximum absolute atomic E-state index is 13.6. The number of rotatable bonds is 2. The molecule has 0 aliphatic carbocycles. The molecule has 3 aromatic rings. The number of furan rings is 1. The van der Waals surface area contributed by atoms with Crippen LogP contribution < -0.4 is 5.43 Å². The van der Waals surface area contributed by atoms with Gasteiger partial charge in [-0.3, -0.25) is 0 Å². The summed E-state index contributed by atoms with van der Waals surface area (Å²) in [5.41, 5.74) is 4.26. The molecule has 4 rings (SSSR count). The lowest BCUT2D eigenvalue weighted by Gasteiger charge is -2.05. The number of benzene rings is 1. The van der Waals surface area contributed by atoms with Crippen LogP contribution in [0.3, 0.4) is 0 Å². The molecule has 0 bridgehead atoms. The summed E-state index contributed by atoms with van der Waals surface area (Å²) in [6, 6.07) is 6.70. The van der Waals surface area contributed by atoms with Gasteiger partial charge in [0.1, 0.15) is 10.4 Å². The molecular weight excluding hydrogens is 297 g/mol. The highest BCUT2D eigenvalue weighted by Crippen LogP contribution is 2.36. The number of halogens is 1. The van der Waals surface area contributed by atoms with Crippen LogP contribution in [0.25, 0.3) is 22.4 Å². The largest absolute Gasteiger partial charge is 0.451 e. The Kier molecular flexibility index (Phi) is 2.71. The van der Waals surface area contributed by atoms with E-state index in [0.717, 1.165) is 10.5 Å². The quantitative estimate of drug-likeness (QED) is 0.781. The molecule has 0 saturated carbocycles. The molecule has 7 heteroatoms. The Morgan fingerprint density at radius 2 is 2.40 bits per heavy atom. The molecule has 3 heterocycles. The van der Waals surface area contributed by atoms with Crippen LogP contribution in [-0.4, -0.2) is 20.6 Å². The maximum Gasteiger partial charge on any atom is 0.190 e. The fraction of sp³-hybridized carbons (Fsp3) is 0.154. The first-order valence-electron chi connectivity index (χ1n) is 5.98. The van der Waals surface area contributed by atoms with E-state index in [1.165, 1.54) is 6.07 Å². The lowest BCUT2D eigenvalue weighted by molar-refractivity contribution is 0.567. The first kappa shape index (κ1) is 12.2. The lowest BCUT2D eigenvalue weighted by Crippen LogP contribution is -2.13. The Bertz CT molecular complexity index is 775. The summed E-state index contributed by atoms with van der Waals surface area (Å²) >= 11 is 3.37. The minimum Gasteiger partial charge on any atom is -0.451 e. The van der Waals surface area contributed by atoms with Crippen LogP contribution >= 0.6 is 23.5 Å². The fourth-order valence-corrected chi connectivity index (χ4v) is 3.74. The predicted molar refractivity (Wildman–Crippen MR) is 79.9 cm³/mol. The molecule has 4 nitrogen and oxygen atoms in total. The molecule has 20 heavy (non-hydrogen) atoms. The number of imidazole rings is 1. The molecule has 1 unspecified atom stereocenters. The van der Waals surface area contributed by atoms with Gasteiger partial charge in [0.2, 0.25) is 0 Å². The van der Waals surface area contributed by atoms with Crippen molar-refractivity contribution in [2.24, 2.45) is 0 Å². The van der Waals surface area contributed by atoms with E-state index in [-0.39, 0.29) is 16.1 Å². The average Bonchev–Trinajstić information content (AvgIpc) is 3.09. The van der Waals surface area contributed by atoms with E-state index in [1.54, 1.807) is 29.6 Å². The SMILES string of the molecule is CSC1Nn2cc(-c3cc4cccc(F)c4o3)nc2S1. The molecule has 0 fully saturated rings. The zero-order chi connectivity index (χ0) is 13.7. The summed E-state index contributed by atoms with van der Waals surface area (Å²) in [6.07, 6.45) is 3.91. The highest BCUT2D eigenvalue weighted by atomic mass is 32.2. The summed E-state index contributed by atoms with van der Waals surface area (Å²) in [5.74, 6) is 0.227. The number of aromatic nitrogens is 2. The van der Waals surface area contributed by atoms with Gasteiger partial charge in [-0.2, -0.15) is 0 Å². The van der Waals surface area contributed by atoms with Crippen LogP contribution in [0.15, 0.2) is 40.0 Å². The van der Waals surface area contributed by atoms with Crippen LogP contribution in [0.2, 0.25) is 0 Å². The van der Waals surface area contributed by atoms with Crippen molar-refractivity contribution in [3.05, 3.63) is 36.3 Å². The van der Waals surface area contributed by atoms with Crippen LogP contribution in [0.4, 0.5) is 4.39 Å². The number of nitrogens with one attached hydrogen (secondary N) is 1. The van der Waals surface area contributed by atoms with Gasteiger partial charge < -0.3 is 9.84 Å². The molecule has 1 N–H and O–H groups in total. The van der Waals surface area contributed by atoms with Gasteiger partial charge in [0, 0.05) is 5.39 Å². The van der Waals surface area contributed by atoms with Gasteiger partial charge in [0.05, 0.1) is 6.20 Å². The number of hydrogen-bond donors (Lipinski definition) is 1. The van der Waals surface area contributed by atoms with Crippen molar-refractivity contribution < 1.29 is 8.81 Å². The van der Waals surface area contributed by atoms with Crippen molar-refractivity contribution in [3.63, 3.8) is 0 Å². The maximum atomic E-state index is 13.6. The third kappa shape index (κ3) is 1.81. The molecule has 1 aromatic carbocycles. The summed E-state index contributed by atoms with van der Waals surface area (Å²) in [6.45, 7) is 0. The molecule has 0 saturated heterocycles. The molecule has 0 radical (unpaired) electrons. The van der Waals surface area contributed by atoms with Crippen molar-refractivity contribution in [1.82, 2.24) is 9.66 Å². The minimum absolute atomic E-state index is 0.276. The van der Waals surface area contributed by atoms with Crippen LogP contribution in [0.5, 0.6) is 0 Å². The molecule has 102 valence electrons. The van der Waals surface area contributed by atoms with Gasteiger partial charge in [0.25, 0.3) is 0 Å². The summed E-state index contributed by atoms with van der Waals surface area (Å²) in [7, 11) is 0. The Labute approximate surface area is 122 Å². The smallest absolute Gasteiger partial charge is 0.190 e. The van der Waals surface area contributed by atoms with Crippen molar-refractivity contribution in [2.45, 2.75) is 9.86 Å². The predicted octanol–water partition coefficient (Wildman–Crippen LogP) is 3.73. The average molecular weight is 307 g/mol. The number of thioether (sulfide) groups is 2. The monoisotopic (exact) mass is 307 g/mol. The van der Waals surface area contributed by atoms with Crippen molar-refractivity contribution in [3.8, 4) is 11.5 Å². The molecular formula is C13H10FN3OS2. The zero-order valence-electron chi connectivity index (χ0n) is 10.5. The second-order valence-corrected chi connectivity index (χ2v) is 6.68. The molecule has 0 amide bonds. The van der Waals surface area contributed by atoms with E-state index in [4.69, 9.17) is 4.42 Å². The Balaban J connectivity index is 1.76. The van der Waals surface area contributed by atoms with Gasteiger partial charge in [-0.25, -0.2) is 14.1 Å². The number of hydrogen-bond acceptors (Lipinski definition) is 5. The number of para-hydroxylation sites is 1. The van der Waals surface area contributed by atoms with Crippen LogP contribution in [0, 0.1) is 5.82 Å². The van der Waals surface area contributed by atoms with Crippen molar-refractivity contribution >= 4 is 34.5 Å². The van der Waals surface area contributed by atoms with Crippen molar-refractivity contribution in [2.75, 3.05) is 11.7 Å². The Morgan fingerprint density at radius 1 is 1.50 bits per heavy atom. The molecule has 2 aromatic heterocycles. The summed E-state index contributed by atoms with van der Waals surface area (Å²) < 4.78 is 21.4. The highest BCUT2D eigenvalue weighted by molar-refractivity contribution is 8.16. The standard InChI is InChI=1S/C13H10FN3OS2/c1-19-13-16-17-6-9(15-12(17)20-13)10-5-7-3-2-4-8(14)11(7)18-10/h2-6,13,16H,1H3. The fourth-order valence-electron chi connectivity index (χ4n) is 2.15. The van der Waals surface area contributed by atoms with Crippen molar-refractivity contribution in [1.29, 1.82) is 0 Å². The van der Waals surface area contributed by atoms with Gasteiger partial charge >= 0.3 is 0 Å². The normalized spacial score (nSPS) is 17.4. The molecule has 0 spiro atoms. The first-order valence-corrected chi connectivity index (χ1v) is 8.15. The first-order chi connectivity index (χ1) is 9.74. The third-order valence-corrected chi connectivity index (χ3v) is 5.31. The highest BCUT2D eigenvalue weighted by Gasteiger charge is 2.24. The molecule has 1 aliphatic rings. The van der Waals surface area contributed by atoms with Gasteiger partial charge in [-0.15, -0.1) is 11.8 Å². The van der Waals surface area contributed by atoms with E-state index in [2.05, 4.69) is 10.4 Å². The summed E-state index contributed by atoms with van der Waals surface area (Å²) in [5, 5.41) is 1.64. The zero-order valence-corrected chi connectivity index (χ0v) is 12.1. The Morgan fingerprint density at radius 3 is 3.15 bits per heavy atom. The topological polar surface area (TPSA) is 43.0 Å². The molecule has 1 aliphatic heterocycles. The van der Waals surface area contributed by atoms with E-state index in [9.17, 15) is 4.39 Å². The van der Waals surface area contributed by atoms with E-state index in [1.807, 2.05) is 29.3 Å². The van der Waals surface area contributed by atoms with Crippen LogP contribution in [0.1, 0.15) is 0 Å². The minimum atomic E-state index is -0.351. The van der Waals surface area contributed by atoms with E-state index in [0.29, 0.717) is 11.5 Å². The second kappa shape index (κ2) is 4.46. The van der Waals surface area contributed by atoms with Gasteiger partial charge in [-0.05, 0) is 30.2 Å². The number of fused-ring (bicyclic) bond motifs is 2. The third-order valence-electron chi connectivity index (χ3n) is 3.09. The lowest BCUT2D eigenvalue weighted by atomic mass is 10.2. The van der Waals surface area contributed by atoms with Gasteiger partial charge in [-0.1, -0.05) is 12.1 Å². The molecule has 1 atom stereocenters. The van der Waals surface area contributed by atoms with E-state index < -0.39 is 0 Å². The van der Waals surface area contributed by atoms with Crippen LogP contribution in [-0.2, 0) is 0 Å².